The van der Waals surface area contributed by atoms with E-state index in [9.17, 15) is 4.79 Å². The van der Waals surface area contributed by atoms with Crippen molar-refractivity contribution in [1.29, 1.82) is 0 Å². The van der Waals surface area contributed by atoms with E-state index in [1.54, 1.807) is 17.8 Å². The highest BCUT2D eigenvalue weighted by atomic mass is 79.9. The van der Waals surface area contributed by atoms with Gasteiger partial charge in [-0.05, 0) is 18.2 Å². The molecule has 2 aromatic carbocycles. The number of amides is 1. The Morgan fingerprint density at radius 1 is 1.14 bits per heavy atom. The summed E-state index contributed by atoms with van der Waals surface area (Å²) in [7, 11) is 1.62. The topological polar surface area (TPSA) is 68.5 Å². The maximum atomic E-state index is 12.9. The van der Waals surface area contributed by atoms with Crippen molar-refractivity contribution in [1.82, 2.24) is 14.6 Å². The van der Waals surface area contributed by atoms with Crippen molar-refractivity contribution in [3.8, 4) is 11.3 Å². The van der Waals surface area contributed by atoms with Crippen molar-refractivity contribution < 1.29 is 9.53 Å². The molecule has 0 atom stereocenters. The lowest BCUT2D eigenvalue weighted by molar-refractivity contribution is 0.102. The van der Waals surface area contributed by atoms with Crippen molar-refractivity contribution in [2.45, 2.75) is 6.61 Å². The summed E-state index contributed by atoms with van der Waals surface area (Å²) in [5.41, 5.74) is 4.32. The molecule has 28 heavy (non-hydrogen) atoms. The summed E-state index contributed by atoms with van der Waals surface area (Å²) in [5.74, 6) is -0.275. The molecule has 0 unspecified atom stereocenters. The predicted molar refractivity (Wildman–Crippen MR) is 111 cm³/mol. The van der Waals surface area contributed by atoms with Gasteiger partial charge in [-0.1, -0.05) is 52.3 Å². The second kappa shape index (κ2) is 7.92. The van der Waals surface area contributed by atoms with Gasteiger partial charge in [0.15, 0.2) is 5.65 Å². The lowest BCUT2D eigenvalue weighted by atomic mass is 10.1. The molecule has 140 valence electrons. The quantitative estimate of drug-likeness (QED) is 0.497. The largest absolute Gasteiger partial charge is 0.380 e. The lowest BCUT2D eigenvalue weighted by Crippen LogP contribution is -2.14. The predicted octanol–water partition coefficient (Wildman–Crippen LogP) is 4.56. The summed E-state index contributed by atoms with van der Waals surface area (Å²) >= 11 is 3.50. The first-order valence-electron chi connectivity index (χ1n) is 8.65. The van der Waals surface area contributed by atoms with E-state index in [-0.39, 0.29) is 5.91 Å². The van der Waals surface area contributed by atoms with E-state index in [2.05, 4.69) is 31.3 Å². The van der Waals surface area contributed by atoms with Crippen LogP contribution in [0.2, 0.25) is 0 Å². The van der Waals surface area contributed by atoms with Gasteiger partial charge in [0, 0.05) is 34.6 Å². The monoisotopic (exact) mass is 436 g/mol. The molecule has 6 nitrogen and oxygen atoms in total. The normalized spacial score (nSPS) is 10.9. The number of ether oxygens (including phenoxy) is 1. The van der Waals surface area contributed by atoms with E-state index in [1.807, 2.05) is 54.6 Å². The lowest BCUT2D eigenvalue weighted by Gasteiger charge is -2.12. The van der Waals surface area contributed by atoms with Crippen LogP contribution in [-0.4, -0.2) is 27.6 Å². The molecular weight excluding hydrogens is 420 g/mol. The molecule has 0 aliphatic rings. The summed E-state index contributed by atoms with van der Waals surface area (Å²) in [4.78, 5) is 17.3. The summed E-state index contributed by atoms with van der Waals surface area (Å²) in [6.45, 7) is 0.377. The number of rotatable bonds is 5. The third-order valence-electron chi connectivity index (χ3n) is 4.37. The maximum absolute atomic E-state index is 12.9. The SMILES string of the molecule is COCc1c(Br)cccc1NC(=O)c1cnn2c(-c3ccccc3)ccnc12. The van der Waals surface area contributed by atoms with Gasteiger partial charge in [0.1, 0.15) is 5.56 Å². The number of nitrogens with one attached hydrogen (secondary N) is 1. The molecule has 0 spiro atoms. The van der Waals surface area contributed by atoms with Gasteiger partial charge in [0.05, 0.1) is 18.5 Å². The first-order chi connectivity index (χ1) is 13.7. The number of carbonyl (C=O) groups excluding carboxylic acids is 1. The Labute approximate surface area is 170 Å². The number of methoxy groups -OCH3 is 1. The highest BCUT2D eigenvalue weighted by Gasteiger charge is 2.18. The van der Waals surface area contributed by atoms with Crippen LogP contribution in [0.5, 0.6) is 0 Å². The first kappa shape index (κ1) is 18.3. The molecule has 0 saturated carbocycles. The fraction of sp³-hybridized carbons (Fsp3) is 0.0952. The number of aromatic nitrogens is 3. The minimum Gasteiger partial charge on any atom is -0.380 e. The molecule has 2 heterocycles. The Morgan fingerprint density at radius 3 is 2.75 bits per heavy atom. The zero-order valence-electron chi connectivity index (χ0n) is 15.1. The molecular formula is C21H17BrN4O2. The van der Waals surface area contributed by atoms with Crippen LogP contribution in [0.4, 0.5) is 5.69 Å². The molecule has 4 aromatic rings. The van der Waals surface area contributed by atoms with Crippen LogP contribution in [0, 0.1) is 0 Å². The Morgan fingerprint density at radius 2 is 1.96 bits per heavy atom. The van der Waals surface area contributed by atoms with Crippen LogP contribution in [0.15, 0.2) is 71.5 Å². The van der Waals surface area contributed by atoms with Gasteiger partial charge in [-0.2, -0.15) is 5.10 Å². The van der Waals surface area contributed by atoms with E-state index in [4.69, 9.17) is 4.74 Å². The average Bonchev–Trinajstić information content (AvgIpc) is 3.15. The number of hydrogen-bond acceptors (Lipinski definition) is 4. The van der Waals surface area contributed by atoms with Gasteiger partial charge in [0.2, 0.25) is 0 Å². The summed E-state index contributed by atoms with van der Waals surface area (Å²) in [6, 6.07) is 17.4. The molecule has 1 N–H and O–H groups in total. The number of hydrogen-bond donors (Lipinski definition) is 1. The minimum atomic E-state index is -0.275. The van der Waals surface area contributed by atoms with Gasteiger partial charge in [0.25, 0.3) is 5.91 Å². The fourth-order valence-corrected chi connectivity index (χ4v) is 3.52. The Hall–Kier alpha value is -3.03. The van der Waals surface area contributed by atoms with Crippen molar-refractivity contribution in [2.75, 3.05) is 12.4 Å². The first-order valence-corrected chi connectivity index (χ1v) is 9.44. The molecule has 0 radical (unpaired) electrons. The van der Waals surface area contributed by atoms with Crippen LogP contribution in [0.3, 0.4) is 0 Å². The zero-order chi connectivity index (χ0) is 19.5. The van der Waals surface area contributed by atoms with Crippen LogP contribution >= 0.6 is 15.9 Å². The molecule has 0 aliphatic carbocycles. The van der Waals surface area contributed by atoms with Gasteiger partial charge in [-0.15, -0.1) is 0 Å². The summed E-state index contributed by atoms with van der Waals surface area (Å²) in [6.07, 6.45) is 3.23. The van der Waals surface area contributed by atoms with Crippen LogP contribution in [0.1, 0.15) is 15.9 Å². The molecule has 1 amide bonds. The number of carbonyl (C=O) groups is 1. The zero-order valence-corrected chi connectivity index (χ0v) is 16.7. The Balaban J connectivity index is 1.71. The summed E-state index contributed by atoms with van der Waals surface area (Å²) in [5, 5.41) is 7.34. The van der Waals surface area contributed by atoms with Crippen molar-refractivity contribution in [2.24, 2.45) is 0 Å². The number of nitrogens with zero attached hydrogens (tertiary/aromatic N) is 3. The number of benzene rings is 2. The molecule has 7 heteroatoms. The third-order valence-corrected chi connectivity index (χ3v) is 5.11. The average molecular weight is 437 g/mol. The van der Waals surface area contributed by atoms with E-state index in [1.165, 1.54) is 6.20 Å². The van der Waals surface area contributed by atoms with Crippen molar-refractivity contribution in [3.63, 3.8) is 0 Å². The van der Waals surface area contributed by atoms with Gasteiger partial charge >= 0.3 is 0 Å². The Bertz CT molecular complexity index is 1140. The van der Waals surface area contributed by atoms with Crippen LogP contribution in [0.25, 0.3) is 16.9 Å². The molecule has 2 aromatic heterocycles. The van der Waals surface area contributed by atoms with Gasteiger partial charge in [-0.3, -0.25) is 4.79 Å². The standard InChI is InChI=1S/C21H17BrN4O2/c1-28-13-16-17(22)8-5-9-18(16)25-21(27)15-12-24-26-19(10-11-23-20(15)26)14-6-3-2-4-7-14/h2-12H,13H2,1H3,(H,25,27). The maximum Gasteiger partial charge on any atom is 0.261 e. The van der Waals surface area contributed by atoms with E-state index in [0.717, 1.165) is 21.3 Å². The molecule has 0 fully saturated rings. The van der Waals surface area contributed by atoms with Gasteiger partial charge in [-0.25, -0.2) is 9.50 Å². The van der Waals surface area contributed by atoms with Crippen molar-refractivity contribution in [3.05, 3.63) is 82.6 Å². The van der Waals surface area contributed by atoms with Crippen molar-refractivity contribution >= 4 is 33.2 Å². The highest BCUT2D eigenvalue weighted by molar-refractivity contribution is 9.10. The third kappa shape index (κ3) is 3.42. The van der Waals surface area contributed by atoms with Crippen LogP contribution in [-0.2, 0) is 11.3 Å². The highest BCUT2D eigenvalue weighted by Crippen LogP contribution is 2.27. The summed E-state index contributed by atoms with van der Waals surface area (Å²) < 4.78 is 7.80. The minimum absolute atomic E-state index is 0.275. The van der Waals surface area contributed by atoms with E-state index >= 15 is 0 Å². The fourth-order valence-electron chi connectivity index (χ4n) is 3.04. The second-order valence-corrected chi connectivity index (χ2v) is 7.00. The Kier molecular flexibility index (Phi) is 5.18. The van der Waals surface area contributed by atoms with Crippen LogP contribution < -0.4 is 5.32 Å². The number of fused-ring (bicyclic) bond motifs is 1. The molecule has 0 aliphatic heterocycles. The molecule has 0 bridgehead atoms. The smallest absolute Gasteiger partial charge is 0.261 e. The van der Waals surface area contributed by atoms with E-state index in [0.29, 0.717) is 23.5 Å². The molecule has 4 rings (SSSR count). The van der Waals surface area contributed by atoms with E-state index < -0.39 is 0 Å². The van der Waals surface area contributed by atoms with Gasteiger partial charge < -0.3 is 10.1 Å². The molecule has 0 saturated heterocycles. The number of halogens is 1. The number of anilines is 1. The second-order valence-electron chi connectivity index (χ2n) is 6.14.